The molecule has 20 heavy (non-hydrogen) atoms. The number of aryl methyl sites for hydroxylation is 1. The largest absolute Gasteiger partial charge is 0.378 e. The van der Waals surface area contributed by atoms with Crippen molar-refractivity contribution in [3.63, 3.8) is 0 Å². The van der Waals surface area contributed by atoms with Crippen LogP contribution in [0.15, 0.2) is 24.3 Å². The van der Waals surface area contributed by atoms with Crippen molar-refractivity contribution in [1.82, 2.24) is 4.98 Å². The second kappa shape index (κ2) is 5.38. The number of pyridine rings is 1. The van der Waals surface area contributed by atoms with Gasteiger partial charge in [-0.05, 0) is 36.7 Å². The summed E-state index contributed by atoms with van der Waals surface area (Å²) >= 11 is 5.73. The van der Waals surface area contributed by atoms with E-state index in [1.54, 1.807) is 0 Å². The lowest BCUT2D eigenvalue weighted by Gasteiger charge is -2.29. The molecule has 1 aliphatic heterocycles. The van der Waals surface area contributed by atoms with E-state index in [-0.39, 0.29) is 0 Å². The van der Waals surface area contributed by atoms with Crippen molar-refractivity contribution < 1.29 is 9.53 Å². The number of carbonyl (C=O) groups excluding carboxylic acids is 1. The molecule has 0 bridgehead atoms. The third kappa shape index (κ3) is 2.49. The molecule has 1 aromatic heterocycles. The molecule has 2 heterocycles. The summed E-state index contributed by atoms with van der Waals surface area (Å²) in [6.45, 7) is 4.74. The van der Waals surface area contributed by atoms with E-state index in [9.17, 15) is 4.79 Å². The van der Waals surface area contributed by atoms with Crippen LogP contribution in [-0.4, -0.2) is 36.5 Å². The van der Waals surface area contributed by atoms with Crippen LogP contribution in [0.4, 0.5) is 5.82 Å². The zero-order valence-electron chi connectivity index (χ0n) is 11.2. The van der Waals surface area contributed by atoms with Crippen molar-refractivity contribution in [2.75, 3.05) is 31.2 Å². The molecule has 3 rings (SSSR count). The lowest BCUT2D eigenvalue weighted by molar-refractivity contribution is 0.107. The fraction of sp³-hybridized carbons (Fsp3) is 0.333. The Kier molecular flexibility index (Phi) is 3.59. The minimum absolute atomic E-state index is 0.465. The SMILES string of the molecule is Cc1ccc2nc(N3CCOCC3)c(C(=O)Cl)cc2c1. The number of nitrogens with zero attached hydrogens (tertiary/aromatic N) is 2. The summed E-state index contributed by atoms with van der Waals surface area (Å²) in [5, 5.41) is 0.466. The molecule has 1 fully saturated rings. The molecule has 0 aliphatic carbocycles. The average molecular weight is 291 g/mol. The van der Waals surface area contributed by atoms with Crippen molar-refractivity contribution in [2.45, 2.75) is 6.92 Å². The molecular formula is C15H15ClN2O2. The van der Waals surface area contributed by atoms with E-state index < -0.39 is 5.24 Å². The first-order valence-corrected chi connectivity index (χ1v) is 6.97. The van der Waals surface area contributed by atoms with Gasteiger partial charge in [-0.15, -0.1) is 0 Å². The van der Waals surface area contributed by atoms with E-state index >= 15 is 0 Å². The third-order valence-electron chi connectivity index (χ3n) is 3.47. The first-order chi connectivity index (χ1) is 9.65. The van der Waals surface area contributed by atoms with Crippen molar-refractivity contribution in [2.24, 2.45) is 0 Å². The second-order valence-electron chi connectivity index (χ2n) is 4.93. The zero-order valence-corrected chi connectivity index (χ0v) is 12.0. The molecule has 4 nitrogen and oxygen atoms in total. The Bertz CT molecular complexity index is 666. The van der Waals surface area contributed by atoms with Gasteiger partial charge in [0.25, 0.3) is 5.24 Å². The van der Waals surface area contributed by atoms with Crippen LogP contribution in [0.5, 0.6) is 0 Å². The molecule has 0 spiro atoms. The van der Waals surface area contributed by atoms with Crippen LogP contribution in [0.2, 0.25) is 0 Å². The monoisotopic (exact) mass is 290 g/mol. The van der Waals surface area contributed by atoms with Crippen LogP contribution in [-0.2, 0) is 4.74 Å². The number of fused-ring (bicyclic) bond motifs is 1. The fourth-order valence-electron chi connectivity index (χ4n) is 2.45. The van der Waals surface area contributed by atoms with Gasteiger partial charge in [-0.1, -0.05) is 11.6 Å². The Hall–Kier alpha value is -1.65. The van der Waals surface area contributed by atoms with Crippen molar-refractivity contribution in [1.29, 1.82) is 0 Å². The van der Waals surface area contributed by atoms with E-state index in [2.05, 4.69) is 9.88 Å². The lowest BCUT2D eigenvalue weighted by atomic mass is 10.1. The number of morpholine rings is 1. The molecule has 0 radical (unpaired) electrons. The van der Waals surface area contributed by atoms with Gasteiger partial charge in [0.15, 0.2) is 0 Å². The van der Waals surface area contributed by atoms with E-state index in [4.69, 9.17) is 16.3 Å². The van der Waals surface area contributed by atoms with Gasteiger partial charge in [-0.25, -0.2) is 4.98 Å². The summed E-state index contributed by atoms with van der Waals surface area (Å²) in [5.74, 6) is 0.657. The van der Waals surface area contributed by atoms with Gasteiger partial charge in [0.05, 0.1) is 24.3 Å². The molecule has 1 saturated heterocycles. The van der Waals surface area contributed by atoms with Crippen LogP contribution in [0.25, 0.3) is 10.9 Å². The summed E-state index contributed by atoms with van der Waals surface area (Å²) in [6.07, 6.45) is 0. The minimum atomic E-state index is -0.470. The van der Waals surface area contributed by atoms with Crippen LogP contribution in [0, 0.1) is 6.92 Å². The second-order valence-corrected chi connectivity index (χ2v) is 5.27. The van der Waals surface area contributed by atoms with Gasteiger partial charge in [-0.2, -0.15) is 0 Å². The average Bonchev–Trinajstić information content (AvgIpc) is 2.46. The maximum absolute atomic E-state index is 11.7. The fourth-order valence-corrected chi connectivity index (χ4v) is 2.59. The van der Waals surface area contributed by atoms with Crippen molar-refractivity contribution in [3.05, 3.63) is 35.4 Å². The van der Waals surface area contributed by atoms with E-state index in [1.807, 2.05) is 31.2 Å². The predicted molar refractivity (Wildman–Crippen MR) is 79.7 cm³/mol. The van der Waals surface area contributed by atoms with Gasteiger partial charge in [0.1, 0.15) is 5.82 Å². The number of benzene rings is 1. The molecule has 1 aliphatic rings. The molecular weight excluding hydrogens is 276 g/mol. The molecule has 0 N–H and O–H groups in total. The third-order valence-corrected chi connectivity index (χ3v) is 3.68. The van der Waals surface area contributed by atoms with Crippen LogP contribution >= 0.6 is 11.6 Å². The summed E-state index contributed by atoms with van der Waals surface area (Å²) in [4.78, 5) is 18.4. The predicted octanol–water partition coefficient (Wildman–Crippen LogP) is 2.76. The smallest absolute Gasteiger partial charge is 0.256 e. The maximum Gasteiger partial charge on any atom is 0.256 e. The minimum Gasteiger partial charge on any atom is -0.378 e. The Morgan fingerprint density at radius 3 is 2.75 bits per heavy atom. The number of ether oxygens (including phenoxy) is 1. The van der Waals surface area contributed by atoms with Crippen molar-refractivity contribution in [3.8, 4) is 0 Å². The van der Waals surface area contributed by atoms with E-state index in [0.717, 1.165) is 29.6 Å². The van der Waals surface area contributed by atoms with Crippen molar-refractivity contribution >= 4 is 33.6 Å². The molecule has 2 aromatic rings. The number of carbonyl (C=O) groups is 1. The summed E-state index contributed by atoms with van der Waals surface area (Å²) in [6, 6.07) is 7.82. The quantitative estimate of drug-likeness (QED) is 0.798. The molecule has 0 atom stereocenters. The standard InChI is InChI=1S/C15H15ClN2O2/c1-10-2-3-13-11(8-10)9-12(14(16)19)15(17-13)18-4-6-20-7-5-18/h2-3,8-9H,4-7H2,1H3. The van der Waals surface area contributed by atoms with Gasteiger partial charge < -0.3 is 9.64 Å². The lowest BCUT2D eigenvalue weighted by Crippen LogP contribution is -2.37. The number of halogens is 1. The molecule has 5 heteroatoms. The molecule has 104 valence electrons. The van der Waals surface area contributed by atoms with Crippen LogP contribution < -0.4 is 4.90 Å². The summed E-state index contributed by atoms with van der Waals surface area (Å²) in [7, 11) is 0. The molecule has 0 unspecified atom stereocenters. The topological polar surface area (TPSA) is 42.4 Å². The highest BCUT2D eigenvalue weighted by Gasteiger charge is 2.20. The van der Waals surface area contributed by atoms with Crippen LogP contribution in [0.3, 0.4) is 0 Å². The molecule has 1 aromatic carbocycles. The number of aromatic nitrogens is 1. The van der Waals surface area contributed by atoms with Crippen LogP contribution in [0.1, 0.15) is 15.9 Å². The Morgan fingerprint density at radius 2 is 2.05 bits per heavy atom. The highest BCUT2D eigenvalue weighted by Crippen LogP contribution is 2.26. The van der Waals surface area contributed by atoms with Gasteiger partial charge in [0, 0.05) is 18.5 Å². The summed E-state index contributed by atoms with van der Waals surface area (Å²) in [5.41, 5.74) is 2.47. The highest BCUT2D eigenvalue weighted by molar-refractivity contribution is 6.68. The van der Waals surface area contributed by atoms with Gasteiger partial charge in [0.2, 0.25) is 0 Å². The number of hydrogen-bond acceptors (Lipinski definition) is 4. The van der Waals surface area contributed by atoms with Gasteiger partial charge in [-0.3, -0.25) is 4.79 Å². The molecule has 0 saturated carbocycles. The number of hydrogen-bond donors (Lipinski definition) is 0. The first kappa shape index (κ1) is 13.3. The van der Waals surface area contributed by atoms with E-state index in [1.165, 1.54) is 0 Å². The first-order valence-electron chi connectivity index (χ1n) is 6.59. The zero-order chi connectivity index (χ0) is 14.1. The normalized spacial score (nSPS) is 15.6. The van der Waals surface area contributed by atoms with Gasteiger partial charge >= 0.3 is 0 Å². The number of anilines is 1. The Balaban J connectivity index is 2.15. The maximum atomic E-state index is 11.7. The highest BCUT2D eigenvalue weighted by atomic mass is 35.5. The van der Waals surface area contributed by atoms with E-state index in [0.29, 0.717) is 24.6 Å². The number of rotatable bonds is 2. The molecule has 0 amide bonds. The Morgan fingerprint density at radius 1 is 1.30 bits per heavy atom. The Labute approximate surface area is 122 Å². The summed E-state index contributed by atoms with van der Waals surface area (Å²) < 4.78 is 5.34.